The van der Waals surface area contributed by atoms with Crippen LogP contribution in [0.25, 0.3) is 0 Å². The molecule has 1 aromatic heterocycles. The van der Waals surface area contributed by atoms with Gasteiger partial charge in [-0.3, -0.25) is 0 Å². The molecule has 1 aliphatic carbocycles. The van der Waals surface area contributed by atoms with Gasteiger partial charge in [-0.2, -0.15) is 13.2 Å². The Morgan fingerprint density at radius 1 is 1.30 bits per heavy atom. The van der Waals surface area contributed by atoms with Crippen molar-refractivity contribution in [2.75, 3.05) is 11.4 Å². The van der Waals surface area contributed by atoms with Crippen molar-refractivity contribution in [3.63, 3.8) is 0 Å². The van der Waals surface area contributed by atoms with E-state index in [4.69, 9.17) is 5.73 Å². The van der Waals surface area contributed by atoms with Crippen molar-refractivity contribution in [3.05, 3.63) is 18.0 Å². The van der Waals surface area contributed by atoms with Crippen LogP contribution in [-0.4, -0.2) is 28.6 Å². The average Bonchev–Trinajstić information content (AvgIpc) is 2.41. The molecule has 0 atom stereocenters. The summed E-state index contributed by atoms with van der Waals surface area (Å²) in [5.41, 5.74) is 4.96. The number of hydrogen-bond donors (Lipinski definition) is 1. The van der Waals surface area contributed by atoms with Crippen molar-refractivity contribution >= 4 is 5.95 Å². The second-order valence-electron chi connectivity index (χ2n) is 5.09. The summed E-state index contributed by atoms with van der Waals surface area (Å²) in [7, 11) is 0. The van der Waals surface area contributed by atoms with E-state index in [1.54, 1.807) is 0 Å². The summed E-state index contributed by atoms with van der Waals surface area (Å²) < 4.78 is 38.1. The normalized spacial score (nSPS) is 23.6. The van der Waals surface area contributed by atoms with Gasteiger partial charge in [-0.05, 0) is 38.7 Å². The summed E-state index contributed by atoms with van der Waals surface area (Å²) >= 11 is 0. The molecule has 0 aromatic carbocycles. The van der Waals surface area contributed by atoms with E-state index >= 15 is 0 Å². The fraction of sp³-hybridized carbons (Fsp3) is 0.692. The highest BCUT2D eigenvalue weighted by atomic mass is 19.4. The Bertz CT molecular complexity index is 441. The number of halogens is 3. The first-order valence-electron chi connectivity index (χ1n) is 6.84. The van der Waals surface area contributed by atoms with Crippen molar-refractivity contribution in [1.29, 1.82) is 0 Å². The Morgan fingerprint density at radius 2 is 1.95 bits per heavy atom. The second-order valence-corrected chi connectivity index (χ2v) is 5.09. The van der Waals surface area contributed by atoms with Crippen molar-refractivity contribution in [2.45, 2.75) is 50.9 Å². The molecular formula is C13H19F3N4. The molecule has 0 amide bonds. The molecule has 0 saturated heterocycles. The van der Waals surface area contributed by atoms with Crippen LogP contribution < -0.4 is 10.6 Å². The van der Waals surface area contributed by atoms with Gasteiger partial charge in [-0.15, -0.1) is 0 Å². The largest absolute Gasteiger partial charge is 0.433 e. The molecule has 0 unspecified atom stereocenters. The van der Waals surface area contributed by atoms with Gasteiger partial charge in [0, 0.05) is 24.8 Å². The van der Waals surface area contributed by atoms with Gasteiger partial charge in [-0.1, -0.05) is 0 Å². The van der Waals surface area contributed by atoms with Crippen LogP contribution in [0.2, 0.25) is 0 Å². The lowest BCUT2D eigenvalue weighted by molar-refractivity contribution is -0.141. The molecule has 1 saturated carbocycles. The third-order valence-corrected chi connectivity index (χ3v) is 3.71. The number of nitrogens with zero attached hydrogens (tertiary/aromatic N) is 3. The van der Waals surface area contributed by atoms with Gasteiger partial charge < -0.3 is 10.6 Å². The summed E-state index contributed by atoms with van der Waals surface area (Å²) in [4.78, 5) is 9.52. The molecule has 1 aliphatic rings. The molecule has 7 heteroatoms. The monoisotopic (exact) mass is 288 g/mol. The minimum Gasteiger partial charge on any atom is -0.338 e. The SMILES string of the molecule is CCN(c1nccc(C(F)(F)F)n1)C1CCC(N)CC1. The zero-order valence-corrected chi connectivity index (χ0v) is 11.4. The van der Waals surface area contributed by atoms with Crippen LogP contribution in [0.3, 0.4) is 0 Å². The third-order valence-electron chi connectivity index (χ3n) is 3.71. The highest BCUT2D eigenvalue weighted by molar-refractivity contribution is 5.32. The minimum absolute atomic E-state index is 0.155. The first kappa shape index (κ1) is 15.0. The van der Waals surface area contributed by atoms with Gasteiger partial charge >= 0.3 is 6.18 Å². The summed E-state index contributed by atoms with van der Waals surface area (Å²) in [6, 6.07) is 1.27. The Hall–Kier alpha value is -1.37. The van der Waals surface area contributed by atoms with Gasteiger partial charge in [0.2, 0.25) is 5.95 Å². The zero-order chi connectivity index (χ0) is 14.8. The van der Waals surface area contributed by atoms with Crippen LogP contribution in [-0.2, 0) is 6.18 Å². The van der Waals surface area contributed by atoms with Crippen molar-refractivity contribution in [3.8, 4) is 0 Å². The molecule has 0 radical (unpaired) electrons. The molecule has 1 heterocycles. The predicted octanol–water partition coefficient (Wildman–Crippen LogP) is 2.59. The number of aromatic nitrogens is 2. The van der Waals surface area contributed by atoms with Crippen LogP contribution in [0.5, 0.6) is 0 Å². The number of nitrogens with two attached hydrogens (primary N) is 1. The van der Waals surface area contributed by atoms with Crippen LogP contribution in [0.15, 0.2) is 12.3 Å². The fourth-order valence-electron chi connectivity index (χ4n) is 2.62. The standard InChI is InChI=1S/C13H19F3N4/c1-2-20(10-5-3-9(17)4-6-10)12-18-8-7-11(19-12)13(14,15)16/h7-10H,2-6,17H2,1H3. The molecule has 2 N–H and O–H groups in total. The quantitative estimate of drug-likeness (QED) is 0.929. The van der Waals surface area contributed by atoms with Crippen molar-refractivity contribution < 1.29 is 13.2 Å². The summed E-state index contributed by atoms with van der Waals surface area (Å²) in [5, 5.41) is 0. The van der Waals surface area contributed by atoms with Gasteiger partial charge in [0.05, 0.1) is 0 Å². The third kappa shape index (κ3) is 3.39. The van der Waals surface area contributed by atoms with E-state index in [0.29, 0.717) is 6.54 Å². The van der Waals surface area contributed by atoms with Gasteiger partial charge in [0.15, 0.2) is 0 Å². The Balaban J connectivity index is 2.19. The number of alkyl halides is 3. The Morgan fingerprint density at radius 3 is 2.50 bits per heavy atom. The van der Waals surface area contributed by atoms with Crippen LogP contribution in [0, 0.1) is 0 Å². The maximum absolute atomic E-state index is 12.7. The van der Waals surface area contributed by atoms with E-state index in [9.17, 15) is 13.2 Å². The van der Waals surface area contributed by atoms with Crippen LogP contribution in [0.1, 0.15) is 38.3 Å². The molecule has 112 valence electrons. The first-order chi connectivity index (χ1) is 9.41. The van der Waals surface area contributed by atoms with Gasteiger partial charge in [0.25, 0.3) is 0 Å². The van der Waals surface area contributed by atoms with Crippen LogP contribution in [0.4, 0.5) is 19.1 Å². The van der Waals surface area contributed by atoms with E-state index in [1.807, 2.05) is 11.8 Å². The van der Waals surface area contributed by atoms with E-state index in [0.717, 1.165) is 31.7 Å². The Labute approximate surface area is 116 Å². The number of rotatable bonds is 3. The first-order valence-corrected chi connectivity index (χ1v) is 6.84. The predicted molar refractivity (Wildman–Crippen MR) is 70.3 cm³/mol. The lowest BCUT2D eigenvalue weighted by atomic mass is 9.91. The van der Waals surface area contributed by atoms with Gasteiger partial charge in [-0.25, -0.2) is 9.97 Å². The second kappa shape index (κ2) is 5.95. The van der Waals surface area contributed by atoms with E-state index in [-0.39, 0.29) is 18.0 Å². The summed E-state index contributed by atoms with van der Waals surface area (Å²) in [6.07, 6.45) is 0.248. The highest BCUT2D eigenvalue weighted by Crippen LogP contribution is 2.30. The maximum Gasteiger partial charge on any atom is 0.433 e. The topological polar surface area (TPSA) is 55.0 Å². The minimum atomic E-state index is -4.44. The molecule has 2 rings (SSSR count). The lowest BCUT2D eigenvalue weighted by Gasteiger charge is -2.35. The molecular weight excluding hydrogens is 269 g/mol. The average molecular weight is 288 g/mol. The molecule has 4 nitrogen and oxygen atoms in total. The van der Waals surface area contributed by atoms with Crippen molar-refractivity contribution in [2.24, 2.45) is 5.73 Å². The summed E-state index contributed by atoms with van der Waals surface area (Å²) in [6.45, 7) is 2.49. The highest BCUT2D eigenvalue weighted by Gasteiger charge is 2.34. The number of hydrogen-bond acceptors (Lipinski definition) is 4. The number of anilines is 1. The molecule has 0 aliphatic heterocycles. The van der Waals surface area contributed by atoms with Crippen molar-refractivity contribution in [1.82, 2.24) is 9.97 Å². The van der Waals surface area contributed by atoms with E-state index in [1.165, 1.54) is 6.20 Å². The zero-order valence-electron chi connectivity index (χ0n) is 11.4. The fourth-order valence-corrected chi connectivity index (χ4v) is 2.62. The summed E-state index contributed by atoms with van der Waals surface area (Å²) in [5.74, 6) is 0.155. The molecule has 1 fully saturated rings. The molecule has 0 spiro atoms. The molecule has 1 aromatic rings. The smallest absolute Gasteiger partial charge is 0.338 e. The van der Waals surface area contributed by atoms with E-state index < -0.39 is 11.9 Å². The van der Waals surface area contributed by atoms with E-state index in [2.05, 4.69) is 9.97 Å². The molecule has 0 bridgehead atoms. The molecule has 20 heavy (non-hydrogen) atoms. The van der Waals surface area contributed by atoms with Gasteiger partial charge in [0.1, 0.15) is 5.69 Å². The Kier molecular flexibility index (Phi) is 4.47. The lowest BCUT2D eigenvalue weighted by Crippen LogP contribution is -2.41. The maximum atomic E-state index is 12.7. The van der Waals surface area contributed by atoms with Crippen LogP contribution >= 0.6 is 0 Å².